The fourth-order valence-electron chi connectivity index (χ4n) is 2.68. The van der Waals surface area contributed by atoms with E-state index in [0.29, 0.717) is 18.4 Å². The molecule has 1 aliphatic heterocycles. The molecule has 18 heavy (non-hydrogen) atoms. The van der Waals surface area contributed by atoms with Gasteiger partial charge in [-0.2, -0.15) is 0 Å². The molecule has 1 saturated heterocycles. The molecule has 0 saturated carbocycles. The molecule has 1 aliphatic rings. The molecule has 0 radical (unpaired) electrons. The Balaban J connectivity index is 1.87. The lowest BCUT2D eigenvalue weighted by atomic mass is 9.99. The van der Waals surface area contributed by atoms with Crippen LogP contribution in [0.2, 0.25) is 0 Å². The first kappa shape index (κ1) is 13.1. The van der Waals surface area contributed by atoms with Gasteiger partial charge in [0.2, 0.25) is 5.91 Å². The van der Waals surface area contributed by atoms with Gasteiger partial charge in [-0.15, -0.1) is 0 Å². The minimum atomic E-state index is 0.298. The van der Waals surface area contributed by atoms with Crippen molar-refractivity contribution in [3.8, 4) is 0 Å². The lowest BCUT2D eigenvalue weighted by molar-refractivity contribution is -0.134. The maximum absolute atomic E-state index is 12.2. The number of aryl methyl sites for hydroxylation is 1. The minimum absolute atomic E-state index is 0.298. The van der Waals surface area contributed by atoms with Gasteiger partial charge in [0.15, 0.2) is 0 Å². The van der Waals surface area contributed by atoms with Crippen LogP contribution in [0.1, 0.15) is 44.7 Å². The number of aromatic nitrogens is 1. The molecule has 0 aromatic carbocycles. The van der Waals surface area contributed by atoms with Crippen molar-refractivity contribution < 1.29 is 4.79 Å². The zero-order chi connectivity index (χ0) is 12.8. The Bertz CT molecular complexity index is 377. The molecule has 2 heterocycles. The van der Waals surface area contributed by atoms with Crippen LogP contribution in [0.5, 0.6) is 0 Å². The molecule has 1 unspecified atom stereocenters. The van der Waals surface area contributed by atoms with Crippen molar-refractivity contribution in [3.63, 3.8) is 0 Å². The van der Waals surface area contributed by atoms with Gasteiger partial charge in [0.05, 0.1) is 0 Å². The number of piperidine rings is 1. The predicted octanol–water partition coefficient (Wildman–Crippen LogP) is 2.81. The summed E-state index contributed by atoms with van der Waals surface area (Å²) in [5, 5.41) is 0. The summed E-state index contributed by atoms with van der Waals surface area (Å²) in [5.74, 6) is 0.298. The van der Waals surface area contributed by atoms with Gasteiger partial charge in [0, 0.05) is 30.9 Å². The largest absolute Gasteiger partial charge is 0.340 e. The van der Waals surface area contributed by atoms with E-state index in [9.17, 15) is 4.79 Å². The quantitative estimate of drug-likeness (QED) is 0.818. The van der Waals surface area contributed by atoms with Crippen LogP contribution in [0.4, 0.5) is 0 Å². The summed E-state index contributed by atoms with van der Waals surface area (Å²) >= 11 is 0. The van der Waals surface area contributed by atoms with Crippen LogP contribution in [-0.2, 0) is 11.2 Å². The van der Waals surface area contributed by atoms with E-state index >= 15 is 0 Å². The molecule has 0 N–H and O–H groups in total. The number of carbonyl (C=O) groups excluding carboxylic acids is 1. The highest BCUT2D eigenvalue weighted by Crippen LogP contribution is 2.20. The molecule has 0 bridgehead atoms. The van der Waals surface area contributed by atoms with E-state index in [2.05, 4.69) is 16.8 Å². The van der Waals surface area contributed by atoms with Crippen molar-refractivity contribution in [2.75, 3.05) is 6.54 Å². The first-order valence-corrected chi connectivity index (χ1v) is 7.00. The number of likely N-dealkylation sites (tertiary alicyclic amines) is 1. The fourth-order valence-corrected chi connectivity index (χ4v) is 2.68. The van der Waals surface area contributed by atoms with Gasteiger partial charge in [0.1, 0.15) is 0 Å². The van der Waals surface area contributed by atoms with Gasteiger partial charge in [-0.3, -0.25) is 9.78 Å². The van der Waals surface area contributed by atoms with Crippen molar-refractivity contribution in [2.45, 2.75) is 51.5 Å². The Morgan fingerprint density at radius 2 is 2.33 bits per heavy atom. The number of carbonyl (C=O) groups is 1. The van der Waals surface area contributed by atoms with Crippen LogP contribution < -0.4 is 0 Å². The number of hydrogen-bond acceptors (Lipinski definition) is 2. The summed E-state index contributed by atoms with van der Waals surface area (Å²) in [6, 6.07) is 6.34. The monoisotopic (exact) mass is 246 g/mol. The van der Waals surface area contributed by atoms with Crippen molar-refractivity contribution in [3.05, 3.63) is 30.1 Å². The summed E-state index contributed by atoms with van der Waals surface area (Å²) < 4.78 is 0. The molecular weight excluding hydrogens is 224 g/mol. The van der Waals surface area contributed by atoms with Crippen LogP contribution in [0.25, 0.3) is 0 Å². The van der Waals surface area contributed by atoms with Crippen molar-refractivity contribution in [1.29, 1.82) is 0 Å². The Morgan fingerprint density at radius 3 is 3.06 bits per heavy atom. The number of rotatable bonds is 4. The highest BCUT2D eigenvalue weighted by atomic mass is 16.2. The third-order valence-corrected chi connectivity index (χ3v) is 3.74. The second kappa shape index (κ2) is 6.53. The van der Waals surface area contributed by atoms with Crippen LogP contribution >= 0.6 is 0 Å². The third-order valence-electron chi connectivity index (χ3n) is 3.74. The van der Waals surface area contributed by atoms with Gasteiger partial charge in [0.25, 0.3) is 0 Å². The molecule has 3 heteroatoms. The molecule has 0 spiro atoms. The molecule has 1 aromatic heterocycles. The predicted molar refractivity (Wildman–Crippen MR) is 72.2 cm³/mol. The van der Waals surface area contributed by atoms with Gasteiger partial charge < -0.3 is 4.90 Å². The Hall–Kier alpha value is -1.38. The third kappa shape index (κ3) is 3.31. The first-order chi connectivity index (χ1) is 8.81. The van der Waals surface area contributed by atoms with Gasteiger partial charge in [-0.05, 0) is 44.2 Å². The second-order valence-electron chi connectivity index (χ2n) is 4.97. The molecule has 1 amide bonds. The molecule has 1 atom stereocenters. The van der Waals surface area contributed by atoms with Crippen molar-refractivity contribution >= 4 is 5.91 Å². The topological polar surface area (TPSA) is 33.2 Å². The standard InChI is InChI=1S/C15H22N2O/c1-2-14-8-4-6-12-17(14)15(18)10-9-13-7-3-5-11-16-13/h3,5,7,11,14H,2,4,6,8-10,12H2,1H3. The zero-order valence-electron chi connectivity index (χ0n) is 11.1. The fraction of sp³-hybridized carbons (Fsp3) is 0.600. The van der Waals surface area contributed by atoms with E-state index in [-0.39, 0.29) is 0 Å². The highest BCUT2D eigenvalue weighted by molar-refractivity contribution is 5.76. The normalized spacial score (nSPS) is 19.8. The second-order valence-corrected chi connectivity index (χ2v) is 4.97. The van der Waals surface area contributed by atoms with E-state index in [0.717, 1.165) is 31.5 Å². The Kier molecular flexibility index (Phi) is 4.73. The highest BCUT2D eigenvalue weighted by Gasteiger charge is 2.24. The lowest BCUT2D eigenvalue weighted by Crippen LogP contribution is -2.43. The van der Waals surface area contributed by atoms with Crippen LogP contribution in [0.3, 0.4) is 0 Å². The Morgan fingerprint density at radius 1 is 1.44 bits per heavy atom. The van der Waals surface area contributed by atoms with Crippen LogP contribution in [-0.4, -0.2) is 28.4 Å². The van der Waals surface area contributed by atoms with Gasteiger partial charge in [-0.1, -0.05) is 13.0 Å². The summed E-state index contributed by atoms with van der Waals surface area (Å²) in [6.07, 6.45) is 7.81. The van der Waals surface area contributed by atoms with Crippen LogP contribution in [0.15, 0.2) is 24.4 Å². The van der Waals surface area contributed by atoms with E-state index in [4.69, 9.17) is 0 Å². The average molecular weight is 246 g/mol. The summed E-state index contributed by atoms with van der Waals surface area (Å²) in [4.78, 5) is 18.6. The van der Waals surface area contributed by atoms with E-state index < -0.39 is 0 Å². The molecule has 2 rings (SSSR count). The first-order valence-electron chi connectivity index (χ1n) is 7.00. The maximum atomic E-state index is 12.2. The van der Waals surface area contributed by atoms with E-state index in [1.165, 1.54) is 12.8 Å². The van der Waals surface area contributed by atoms with Crippen LogP contribution in [0, 0.1) is 0 Å². The van der Waals surface area contributed by atoms with Gasteiger partial charge in [-0.25, -0.2) is 0 Å². The molecule has 1 fully saturated rings. The number of pyridine rings is 1. The Labute approximate surface area is 109 Å². The molecule has 98 valence electrons. The molecular formula is C15H22N2O. The SMILES string of the molecule is CCC1CCCCN1C(=O)CCc1ccccn1. The lowest BCUT2D eigenvalue weighted by Gasteiger charge is -2.35. The van der Waals surface area contributed by atoms with Crippen molar-refractivity contribution in [2.24, 2.45) is 0 Å². The summed E-state index contributed by atoms with van der Waals surface area (Å²) in [6.45, 7) is 3.12. The number of nitrogens with zero attached hydrogens (tertiary/aromatic N) is 2. The molecule has 0 aliphatic carbocycles. The van der Waals surface area contributed by atoms with Crippen molar-refractivity contribution in [1.82, 2.24) is 9.88 Å². The number of amides is 1. The maximum Gasteiger partial charge on any atom is 0.223 e. The van der Waals surface area contributed by atoms with E-state index in [1.807, 2.05) is 18.2 Å². The molecule has 3 nitrogen and oxygen atoms in total. The summed E-state index contributed by atoms with van der Waals surface area (Å²) in [5.41, 5.74) is 1.01. The average Bonchev–Trinajstić information content (AvgIpc) is 2.45. The number of hydrogen-bond donors (Lipinski definition) is 0. The zero-order valence-corrected chi connectivity index (χ0v) is 11.1. The van der Waals surface area contributed by atoms with Gasteiger partial charge >= 0.3 is 0 Å². The smallest absolute Gasteiger partial charge is 0.223 e. The molecule has 1 aromatic rings. The summed E-state index contributed by atoms with van der Waals surface area (Å²) in [7, 11) is 0. The minimum Gasteiger partial charge on any atom is -0.340 e. The van der Waals surface area contributed by atoms with E-state index in [1.54, 1.807) is 6.20 Å².